The molecule has 8 atom stereocenters. The predicted octanol–water partition coefficient (Wildman–Crippen LogP) is 4.86. The average Bonchev–Trinajstić information content (AvgIpc) is 3.34. The zero-order valence-electron chi connectivity index (χ0n) is 24.5. The van der Waals surface area contributed by atoms with Gasteiger partial charge < -0.3 is 19.1 Å². The summed E-state index contributed by atoms with van der Waals surface area (Å²) in [5.41, 5.74) is 1.64. The number of nitrogens with zero attached hydrogens (tertiary/aromatic N) is 4. The van der Waals surface area contributed by atoms with E-state index in [9.17, 15) is 4.79 Å². The van der Waals surface area contributed by atoms with Gasteiger partial charge in [0, 0.05) is 36.9 Å². The summed E-state index contributed by atoms with van der Waals surface area (Å²) in [5.74, 6) is 1.12. The van der Waals surface area contributed by atoms with Gasteiger partial charge in [-0.15, -0.1) is 5.10 Å². The molecule has 6 heterocycles. The first-order valence-electron chi connectivity index (χ1n) is 15.4. The van der Waals surface area contributed by atoms with Crippen molar-refractivity contribution in [3.05, 3.63) is 41.7 Å². The van der Waals surface area contributed by atoms with Crippen LogP contribution in [-0.2, 0) is 30.6 Å². The molecular formula is C31H42N4O6. The van der Waals surface area contributed by atoms with E-state index < -0.39 is 24.0 Å². The van der Waals surface area contributed by atoms with Gasteiger partial charge in [-0.3, -0.25) is 4.79 Å². The monoisotopic (exact) mass is 566 g/mol. The number of ether oxygens (including phenoxy) is 3. The number of carbonyl (C=O) groups excluding carboxylic acids is 1. The third-order valence-electron chi connectivity index (χ3n) is 10.5. The largest absolute Gasteiger partial charge is 0.346 e. The first-order valence-corrected chi connectivity index (χ1v) is 15.4. The van der Waals surface area contributed by atoms with Crippen LogP contribution in [0.5, 0.6) is 0 Å². The minimum atomic E-state index is -0.808. The number of amides is 1. The number of piperidine rings is 1. The number of carbonyl (C=O) groups is 1. The van der Waals surface area contributed by atoms with Crippen LogP contribution < -0.4 is 0 Å². The molecule has 1 aromatic heterocycles. The molecule has 222 valence electrons. The standard InChI is InChI=1S/C31H42N4O6/c1-19-12-15-34(16-13-19)27(36)22-6-8-24(9-7-22)35-17-23(32-33-35)18-37-28-21(3)26-10-5-20(2)25-11-14-30(4)39-29(38-28)31(25,26)41-40-30/h6-9,17,19-21,25-26,28-29H,5,10-16,18H2,1-4H3/t20-,21-,25+,26+,28+,29-,30-,31-/m1/s1. The molecule has 0 radical (unpaired) electrons. The summed E-state index contributed by atoms with van der Waals surface area (Å²) in [5, 5.41) is 8.64. The van der Waals surface area contributed by atoms with E-state index in [1.165, 1.54) is 0 Å². The molecule has 2 aromatic rings. The highest BCUT2D eigenvalue weighted by Gasteiger charge is 2.69. The average molecular weight is 567 g/mol. The Hall–Kier alpha value is -2.37. The van der Waals surface area contributed by atoms with E-state index in [4.69, 9.17) is 24.0 Å². The SMILES string of the molecule is CC1CCN(C(=O)c2ccc(-n3cc(CO[C@H]4O[C@@H]5O[C@@]6(C)CC[C@H]7[C@H](C)CC[C@@H]([C@H]4C)[C@@]57OO6)nn3)cc2)CC1. The van der Waals surface area contributed by atoms with Crippen LogP contribution >= 0.6 is 0 Å². The molecule has 6 fully saturated rings. The van der Waals surface area contributed by atoms with Gasteiger partial charge in [-0.05, 0) is 81.0 Å². The van der Waals surface area contributed by atoms with Gasteiger partial charge >= 0.3 is 0 Å². The van der Waals surface area contributed by atoms with Crippen molar-refractivity contribution in [1.82, 2.24) is 19.9 Å². The Balaban J connectivity index is 1.01. The minimum absolute atomic E-state index is 0.0927. The van der Waals surface area contributed by atoms with Crippen LogP contribution in [0.1, 0.15) is 82.3 Å². The number of fused-ring (bicyclic) bond motifs is 2. The van der Waals surface area contributed by atoms with Gasteiger partial charge in [-0.2, -0.15) is 0 Å². The fourth-order valence-electron chi connectivity index (χ4n) is 7.87. The van der Waals surface area contributed by atoms with E-state index in [2.05, 4.69) is 31.1 Å². The van der Waals surface area contributed by atoms with Gasteiger partial charge in [0.1, 0.15) is 5.69 Å². The molecule has 6 aliphatic rings. The Bertz CT molecular complexity index is 1260. The second kappa shape index (κ2) is 10.4. The predicted molar refractivity (Wildman–Crippen MR) is 147 cm³/mol. The van der Waals surface area contributed by atoms with Crippen molar-refractivity contribution < 1.29 is 28.8 Å². The number of benzene rings is 1. The summed E-state index contributed by atoms with van der Waals surface area (Å²) >= 11 is 0. The summed E-state index contributed by atoms with van der Waals surface area (Å²) in [7, 11) is 0. The Morgan fingerprint density at radius 1 is 1.02 bits per heavy atom. The van der Waals surface area contributed by atoms with Crippen LogP contribution in [0.4, 0.5) is 0 Å². The van der Waals surface area contributed by atoms with Crippen molar-refractivity contribution in [3.63, 3.8) is 0 Å². The first-order chi connectivity index (χ1) is 19.8. The van der Waals surface area contributed by atoms with E-state index in [1.807, 2.05) is 42.3 Å². The summed E-state index contributed by atoms with van der Waals surface area (Å²) in [6.07, 6.45) is 6.96. The summed E-state index contributed by atoms with van der Waals surface area (Å²) in [6, 6.07) is 7.55. The summed E-state index contributed by atoms with van der Waals surface area (Å²) < 4.78 is 21.0. The molecule has 5 saturated heterocycles. The fourth-order valence-corrected chi connectivity index (χ4v) is 7.87. The normalized spacial score (nSPS) is 38.9. The van der Waals surface area contributed by atoms with E-state index in [1.54, 1.807) is 4.68 Å². The molecule has 5 aliphatic heterocycles. The fraction of sp³-hybridized carbons (Fsp3) is 0.710. The molecule has 1 aromatic carbocycles. The highest BCUT2D eigenvalue weighted by Crippen LogP contribution is 2.60. The number of aromatic nitrogens is 3. The van der Waals surface area contributed by atoms with E-state index >= 15 is 0 Å². The van der Waals surface area contributed by atoms with Crippen molar-refractivity contribution in [2.75, 3.05) is 13.1 Å². The molecule has 1 aliphatic carbocycles. The smallest absolute Gasteiger partial charge is 0.253 e. The quantitative estimate of drug-likeness (QED) is 0.474. The van der Waals surface area contributed by atoms with Crippen LogP contribution in [0.25, 0.3) is 5.69 Å². The van der Waals surface area contributed by atoms with E-state index in [0.717, 1.165) is 57.3 Å². The lowest BCUT2D eigenvalue weighted by Crippen LogP contribution is -2.70. The number of hydrogen-bond acceptors (Lipinski definition) is 8. The summed E-state index contributed by atoms with van der Waals surface area (Å²) in [6.45, 7) is 10.6. The first kappa shape index (κ1) is 27.5. The Labute approximate surface area is 241 Å². The highest BCUT2D eigenvalue weighted by atomic mass is 17.3. The highest BCUT2D eigenvalue weighted by molar-refractivity contribution is 5.94. The molecule has 1 saturated carbocycles. The lowest BCUT2D eigenvalue weighted by atomic mass is 9.58. The molecule has 1 amide bonds. The Morgan fingerprint density at radius 2 is 1.80 bits per heavy atom. The van der Waals surface area contributed by atoms with Crippen molar-refractivity contribution >= 4 is 5.91 Å². The maximum Gasteiger partial charge on any atom is 0.253 e. The third-order valence-corrected chi connectivity index (χ3v) is 10.5. The second-order valence-electron chi connectivity index (χ2n) is 13.3. The third kappa shape index (κ3) is 4.72. The molecule has 2 bridgehead atoms. The Kier molecular flexibility index (Phi) is 6.98. The van der Waals surface area contributed by atoms with Gasteiger partial charge in [0.05, 0.1) is 18.5 Å². The number of rotatable bonds is 5. The zero-order chi connectivity index (χ0) is 28.4. The van der Waals surface area contributed by atoms with E-state index in [0.29, 0.717) is 29.0 Å². The summed E-state index contributed by atoms with van der Waals surface area (Å²) in [4.78, 5) is 27.0. The van der Waals surface area contributed by atoms with Crippen LogP contribution in [-0.4, -0.2) is 62.9 Å². The molecule has 1 spiro atoms. The zero-order valence-corrected chi connectivity index (χ0v) is 24.5. The van der Waals surface area contributed by atoms with Crippen LogP contribution in [0.2, 0.25) is 0 Å². The molecule has 8 rings (SSSR count). The van der Waals surface area contributed by atoms with Crippen molar-refractivity contribution in [1.29, 1.82) is 0 Å². The van der Waals surface area contributed by atoms with Crippen LogP contribution in [0, 0.1) is 29.6 Å². The maximum absolute atomic E-state index is 12.9. The van der Waals surface area contributed by atoms with Crippen LogP contribution in [0.3, 0.4) is 0 Å². The second-order valence-corrected chi connectivity index (χ2v) is 13.3. The molecule has 10 nitrogen and oxygen atoms in total. The topological polar surface area (TPSA) is 97.2 Å². The molecular weight excluding hydrogens is 524 g/mol. The van der Waals surface area contributed by atoms with E-state index in [-0.39, 0.29) is 24.3 Å². The van der Waals surface area contributed by atoms with Gasteiger partial charge in [0.25, 0.3) is 5.91 Å². The minimum Gasteiger partial charge on any atom is -0.346 e. The van der Waals surface area contributed by atoms with Gasteiger partial charge in [0.2, 0.25) is 5.79 Å². The lowest BCUT2D eigenvalue weighted by Gasteiger charge is -2.60. The molecule has 0 N–H and O–H groups in total. The molecule has 0 unspecified atom stereocenters. The van der Waals surface area contributed by atoms with Crippen molar-refractivity contribution in [2.24, 2.45) is 29.6 Å². The number of hydrogen-bond donors (Lipinski definition) is 0. The van der Waals surface area contributed by atoms with Gasteiger partial charge in [-0.1, -0.05) is 26.0 Å². The lowest BCUT2D eigenvalue weighted by molar-refractivity contribution is -0.577. The van der Waals surface area contributed by atoms with Crippen LogP contribution in [0.15, 0.2) is 30.5 Å². The number of likely N-dealkylation sites (tertiary alicyclic amines) is 1. The van der Waals surface area contributed by atoms with Crippen molar-refractivity contribution in [2.45, 2.75) is 96.8 Å². The molecule has 41 heavy (non-hydrogen) atoms. The maximum atomic E-state index is 12.9. The van der Waals surface area contributed by atoms with Crippen molar-refractivity contribution in [3.8, 4) is 5.69 Å². The van der Waals surface area contributed by atoms with Gasteiger partial charge in [0.15, 0.2) is 18.2 Å². The van der Waals surface area contributed by atoms with Gasteiger partial charge in [-0.25, -0.2) is 14.5 Å². The Morgan fingerprint density at radius 3 is 2.59 bits per heavy atom. The molecule has 10 heteroatoms.